The minimum absolute atomic E-state index is 0.157. The van der Waals surface area contributed by atoms with E-state index in [-0.39, 0.29) is 11.7 Å². The maximum atomic E-state index is 13.2. The molecule has 0 aliphatic heterocycles. The number of fused-ring (bicyclic) bond motifs is 1. The lowest BCUT2D eigenvalue weighted by molar-refractivity contribution is 0.101. The van der Waals surface area contributed by atoms with E-state index in [1.807, 2.05) is 25.1 Å². The van der Waals surface area contributed by atoms with Crippen molar-refractivity contribution in [3.8, 4) is 0 Å². The number of anilines is 1. The van der Waals surface area contributed by atoms with Gasteiger partial charge < -0.3 is 14.9 Å². The number of aromatic amines is 2. The van der Waals surface area contributed by atoms with Crippen molar-refractivity contribution < 1.29 is 9.59 Å². The fourth-order valence-electron chi connectivity index (χ4n) is 3.70. The first-order valence-electron chi connectivity index (χ1n) is 10.7. The lowest BCUT2D eigenvalue weighted by atomic mass is 10.0. The molecule has 0 spiro atoms. The van der Waals surface area contributed by atoms with Crippen LogP contribution >= 0.6 is 0 Å². The monoisotopic (exact) mass is 451 g/mol. The minimum Gasteiger partial charge on any atom is -0.345 e. The number of carbonyl (C=O) groups is 2. The highest BCUT2D eigenvalue weighted by atomic mass is 16.2. The number of carbonyl (C=O) groups excluding carboxylic acids is 2. The van der Waals surface area contributed by atoms with Gasteiger partial charge in [-0.25, -0.2) is 9.97 Å². The summed E-state index contributed by atoms with van der Waals surface area (Å²) in [6.07, 6.45) is 10.5. The van der Waals surface area contributed by atoms with Crippen LogP contribution in [0.4, 0.5) is 5.69 Å². The lowest BCUT2D eigenvalue weighted by Gasteiger charge is -2.08. The first-order valence-corrected chi connectivity index (χ1v) is 10.7. The Kier molecular flexibility index (Phi) is 5.57. The second-order valence-corrected chi connectivity index (χ2v) is 7.58. The maximum Gasteiger partial charge on any atom is 0.291 e. The van der Waals surface area contributed by atoms with Crippen molar-refractivity contribution in [3.05, 3.63) is 95.7 Å². The predicted octanol–water partition coefficient (Wildman–Crippen LogP) is 4.16. The van der Waals surface area contributed by atoms with E-state index in [2.05, 4.69) is 30.5 Å². The first-order chi connectivity index (χ1) is 16.6. The number of ketones is 1. The Morgan fingerprint density at radius 3 is 2.76 bits per heavy atom. The van der Waals surface area contributed by atoms with Gasteiger partial charge in [-0.2, -0.15) is 5.10 Å². The number of imidazole rings is 2. The Morgan fingerprint density at radius 1 is 1.06 bits per heavy atom. The van der Waals surface area contributed by atoms with E-state index in [1.165, 1.54) is 0 Å². The van der Waals surface area contributed by atoms with Crippen molar-refractivity contribution in [2.45, 2.75) is 13.5 Å². The lowest BCUT2D eigenvalue weighted by Crippen LogP contribution is -2.18. The van der Waals surface area contributed by atoms with Crippen molar-refractivity contribution >= 4 is 40.4 Å². The Hall–Kier alpha value is -4.79. The zero-order valence-corrected chi connectivity index (χ0v) is 18.3. The second-order valence-electron chi connectivity index (χ2n) is 7.58. The van der Waals surface area contributed by atoms with E-state index >= 15 is 0 Å². The van der Waals surface area contributed by atoms with Crippen LogP contribution in [0.15, 0.2) is 67.3 Å². The van der Waals surface area contributed by atoms with Crippen molar-refractivity contribution in [2.75, 3.05) is 5.32 Å². The molecular weight excluding hydrogens is 430 g/mol. The molecule has 3 aromatic heterocycles. The molecule has 3 N–H and O–H groups in total. The predicted molar refractivity (Wildman–Crippen MR) is 129 cm³/mol. The molecule has 0 saturated heterocycles. The maximum absolute atomic E-state index is 13.2. The van der Waals surface area contributed by atoms with Crippen molar-refractivity contribution in [1.29, 1.82) is 0 Å². The smallest absolute Gasteiger partial charge is 0.291 e. The standard InChI is InChI=1S/C25H21N7O2/c1-2-32-13-12-28-24(32)25(34)29-18-5-3-4-16(14-18)23(33)17-6-7-19-20(30-31-21(19)15-17)8-9-22-26-10-11-27-22/h3-15H,2H2,1H3,(H,26,27)(H,29,34)(H,30,31). The van der Waals surface area contributed by atoms with Crippen LogP contribution in [0, 0.1) is 0 Å². The molecule has 0 atom stereocenters. The number of aryl methyl sites for hydroxylation is 1. The summed E-state index contributed by atoms with van der Waals surface area (Å²) >= 11 is 0. The summed E-state index contributed by atoms with van der Waals surface area (Å²) < 4.78 is 1.75. The van der Waals surface area contributed by atoms with E-state index in [0.29, 0.717) is 29.2 Å². The molecule has 168 valence electrons. The van der Waals surface area contributed by atoms with Gasteiger partial charge in [-0.1, -0.05) is 18.2 Å². The average Bonchev–Trinajstić information content (AvgIpc) is 3.63. The average molecular weight is 451 g/mol. The number of aromatic nitrogens is 6. The van der Waals surface area contributed by atoms with Crippen LogP contribution in [-0.4, -0.2) is 41.4 Å². The summed E-state index contributed by atoms with van der Waals surface area (Å²) in [5.74, 6) is 0.565. The van der Waals surface area contributed by atoms with Crippen LogP contribution in [0.3, 0.4) is 0 Å². The fourth-order valence-corrected chi connectivity index (χ4v) is 3.70. The largest absolute Gasteiger partial charge is 0.345 e. The Labute approximate surface area is 194 Å². The van der Waals surface area contributed by atoms with Gasteiger partial charge in [-0.05, 0) is 43.3 Å². The van der Waals surface area contributed by atoms with Crippen molar-refractivity contribution in [3.63, 3.8) is 0 Å². The van der Waals surface area contributed by atoms with Crippen LogP contribution in [-0.2, 0) is 6.54 Å². The summed E-state index contributed by atoms with van der Waals surface area (Å²) in [5.41, 5.74) is 3.01. The topological polar surface area (TPSA) is 121 Å². The highest BCUT2D eigenvalue weighted by Crippen LogP contribution is 2.22. The molecule has 5 rings (SSSR count). The fraction of sp³-hybridized carbons (Fsp3) is 0.0800. The van der Waals surface area contributed by atoms with Crippen LogP contribution in [0.5, 0.6) is 0 Å². The van der Waals surface area contributed by atoms with Crippen LogP contribution in [0.1, 0.15) is 45.0 Å². The quantitative estimate of drug-likeness (QED) is 0.321. The third-order valence-electron chi connectivity index (χ3n) is 5.41. The van der Waals surface area contributed by atoms with Gasteiger partial charge in [0.05, 0.1) is 11.2 Å². The number of amides is 1. The molecule has 9 nitrogen and oxygen atoms in total. The van der Waals surface area contributed by atoms with E-state index in [1.54, 1.807) is 65.8 Å². The molecule has 2 aromatic carbocycles. The molecular formula is C25H21N7O2. The summed E-state index contributed by atoms with van der Waals surface area (Å²) in [7, 11) is 0. The number of hydrogen-bond acceptors (Lipinski definition) is 5. The Bertz CT molecular complexity index is 1510. The third-order valence-corrected chi connectivity index (χ3v) is 5.41. The molecule has 3 heterocycles. The van der Waals surface area contributed by atoms with Gasteiger partial charge in [-0.15, -0.1) is 0 Å². The minimum atomic E-state index is -0.328. The zero-order valence-electron chi connectivity index (χ0n) is 18.3. The van der Waals surface area contributed by atoms with Gasteiger partial charge >= 0.3 is 0 Å². The number of rotatable bonds is 7. The summed E-state index contributed by atoms with van der Waals surface area (Å²) in [6, 6.07) is 12.3. The highest BCUT2D eigenvalue weighted by Gasteiger charge is 2.15. The summed E-state index contributed by atoms with van der Waals surface area (Å²) in [6.45, 7) is 2.57. The molecule has 0 saturated carbocycles. The van der Waals surface area contributed by atoms with Crippen LogP contribution in [0.25, 0.3) is 23.1 Å². The molecule has 0 aliphatic carbocycles. The molecule has 5 aromatic rings. The van der Waals surface area contributed by atoms with Gasteiger partial charge in [-0.3, -0.25) is 14.7 Å². The first kappa shape index (κ1) is 21.1. The van der Waals surface area contributed by atoms with E-state index < -0.39 is 0 Å². The number of hydrogen-bond donors (Lipinski definition) is 3. The van der Waals surface area contributed by atoms with Crippen molar-refractivity contribution in [2.24, 2.45) is 0 Å². The second kappa shape index (κ2) is 8.99. The van der Waals surface area contributed by atoms with Gasteiger partial charge in [0.1, 0.15) is 5.82 Å². The van der Waals surface area contributed by atoms with Gasteiger partial charge in [0.15, 0.2) is 11.6 Å². The highest BCUT2D eigenvalue weighted by molar-refractivity contribution is 6.11. The molecule has 0 fully saturated rings. The van der Waals surface area contributed by atoms with E-state index in [0.717, 1.165) is 22.4 Å². The SMILES string of the molecule is CCn1ccnc1C(=O)Nc1cccc(C(=O)c2ccc3c(C=Cc4ncc[nH]4)n[nH]c3c2)c1. The van der Waals surface area contributed by atoms with Crippen LogP contribution in [0.2, 0.25) is 0 Å². The zero-order chi connectivity index (χ0) is 23.5. The third kappa shape index (κ3) is 4.14. The number of H-pyrrole nitrogens is 2. The summed E-state index contributed by atoms with van der Waals surface area (Å²) in [5, 5.41) is 11.0. The van der Waals surface area contributed by atoms with Crippen LogP contribution < -0.4 is 5.32 Å². The van der Waals surface area contributed by atoms with E-state index in [9.17, 15) is 9.59 Å². The molecule has 0 radical (unpaired) electrons. The van der Waals surface area contributed by atoms with Gasteiger partial charge in [0.25, 0.3) is 5.91 Å². The molecule has 0 bridgehead atoms. The molecule has 1 amide bonds. The molecule has 9 heteroatoms. The Morgan fingerprint density at radius 2 is 1.94 bits per heavy atom. The van der Waals surface area contributed by atoms with Gasteiger partial charge in [0.2, 0.25) is 0 Å². The van der Waals surface area contributed by atoms with Crippen molar-refractivity contribution in [1.82, 2.24) is 29.7 Å². The summed E-state index contributed by atoms with van der Waals surface area (Å²) in [4.78, 5) is 37.0. The Balaban J connectivity index is 1.36. The molecule has 0 aliphatic rings. The number of nitrogens with zero attached hydrogens (tertiary/aromatic N) is 4. The van der Waals surface area contributed by atoms with E-state index in [4.69, 9.17) is 0 Å². The molecule has 34 heavy (non-hydrogen) atoms. The normalized spacial score (nSPS) is 11.3. The van der Waals surface area contributed by atoms with Gasteiger partial charge in [0, 0.05) is 53.5 Å². The molecule has 0 unspecified atom stereocenters. The number of benzene rings is 2. The number of nitrogens with one attached hydrogen (secondary N) is 3.